The molecular weight excluding hydrogens is 320 g/mol. The third-order valence-corrected chi connectivity index (χ3v) is 3.93. The van der Waals surface area contributed by atoms with Gasteiger partial charge < -0.3 is 15.0 Å². The lowest BCUT2D eigenvalue weighted by Crippen LogP contribution is -2.41. The molecule has 0 saturated heterocycles. The van der Waals surface area contributed by atoms with Crippen molar-refractivity contribution in [3.63, 3.8) is 0 Å². The molecule has 1 aromatic carbocycles. The number of nitrogens with zero attached hydrogens (tertiary/aromatic N) is 3. The van der Waals surface area contributed by atoms with Crippen LogP contribution in [0, 0.1) is 10.1 Å². The third kappa shape index (κ3) is 4.85. The normalized spacial score (nSPS) is 16.4. The zero-order valence-corrected chi connectivity index (χ0v) is 13.7. The van der Waals surface area contributed by atoms with Crippen LogP contribution in [0.1, 0.15) is 5.56 Å². The average molecular weight is 338 g/mol. The molecule has 1 unspecified atom stereocenters. The van der Waals surface area contributed by atoms with Gasteiger partial charge in [0.15, 0.2) is 5.17 Å². The Morgan fingerprint density at radius 1 is 1.52 bits per heavy atom. The molecular formula is C14H18N4O4S. The largest absolute Gasteiger partial charge is 0.445 e. The first kappa shape index (κ1) is 17.1. The van der Waals surface area contributed by atoms with Gasteiger partial charge in [0, 0.05) is 25.7 Å². The summed E-state index contributed by atoms with van der Waals surface area (Å²) in [6.45, 7) is 1.20. The molecule has 0 aromatic heterocycles. The molecule has 1 amide bonds. The third-order valence-electron chi connectivity index (χ3n) is 3.29. The van der Waals surface area contributed by atoms with Crippen LogP contribution in [0.5, 0.6) is 0 Å². The van der Waals surface area contributed by atoms with Gasteiger partial charge in [0.2, 0.25) is 0 Å². The predicted molar refractivity (Wildman–Crippen MR) is 88.7 cm³/mol. The molecule has 1 atom stereocenters. The number of nitro benzene ring substituents is 1. The lowest BCUT2D eigenvalue weighted by atomic mass is 10.2. The lowest BCUT2D eigenvalue weighted by molar-refractivity contribution is -0.384. The number of nitrogens with one attached hydrogen (secondary N) is 1. The fraction of sp³-hybridized carbons (Fsp3) is 0.429. The monoisotopic (exact) mass is 338 g/mol. The van der Waals surface area contributed by atoms with Gasteiger partial charge in [-0.05, 0) is 24.0 Å². The van der Waals surface area contributed by atoms with Crippen molar-refractivity contribution in [2.45, 2.75) is 12.6 Å². The van der Waals surface area contributed by atoms with Gasteiger partial charge in [0.05, 0.1) is 17.5 Å². The number of aliphatic imine (C=N–C) groups is 1. The number of hydrogen-bond acceptors (Lipinski definition) is 7. The van der Waals surface area contributed by atoms with E-state index < -0.39 is 11.0 Å². The van der Waals surface area contributed by atoms with Gasteiger partial charge in [-0.15, -0.1) is 0 Å². The Balaban J connectivity index is 1.76. The average Bonchev–Trinajstić information content (AvgIpc) is 3.00. The minimum atomic E-state index is -0.469. The molecule has 2 rings (SSSR count). The first-order valence-electron chi connectivity index (χ1n) is 6.96. The molecule has 0 bridgehead atoms. The summed E-state index contributed by atoms with van der Waals surface area (Å²) in [5.74, 6) is 0. The molecule has 1 aromatic rings. The number of rotatable bonds is 5. The van der Waals surface area contributed by atoms with Crippen LogP contribution in [0.4, 0.5) is 10.5 Å². The number of non-ortho nitro benzene ring substituents is 1. The van der Waals surface area contributed by atoms with Crippen molar-refractivity contribution in [1.29, 1.82) is 0 Å². The number of thioether (sulfide) groups is 1. The number of hydrogen-bond donors (Lipinski definition) is 1. The Kier molecular flexibility index (Phi) is 5.80. The summed E-state index contributed by atoms with van der Waals surface area (Å²) in [7, 11) is 1.66. The molecule has 1 heterocycles. The summed E-state index contributed by atoms with van der Waals surface area (Å²) in [5.41, 5.74) is 0.707. The quantitative estimate of drug-likeness (QED) is 0.650. The van der Waals surface area contributed by atoms with Crippen molar-refractivity contribution >= 4 is 28.7 Å². The Hall–Kier alpha value is -2.29. The van der Waals surface area contributed by atoms with Crippen molar-refractivity contribution < 1.29 is 14.5 Å². The van der Waals surface area contributed by atoms with E-state index in [1.165, 1.54) is 28.8 Å². The van der Waals surface area contributed by atoms with Crippen LogP contribution in [0.2, 0.25) is 0 Å². The van der Waals surface area contributed by atoms with Gasteiger partial charge in [-0.25, -0.2) is 4.79 Å². The molecule has 1 aliphatic heterocycles. The second-order valence-corrected chi connectivity index (χ2v) is 5.84. The van der Waals surface area contributed by atoms with Crippen molar-refractivity contribution in [2.24, 2.45) is 4.99 Å². The molecule has 23 heavy (non-hydrogen) atoms. The molecule has 1 aliphatic rings. The summed E-state index contributed by atoms with van der Waals surface area (Å²) in [5, 5.41) is 14.7. The number of nitro groups is 1. The van der Waals surface area contributed by atoms with Crippen molar-refractivity contribution in [1.82, 2.24) is 10.2 Å². The van der Waals surface area contributed by atoms with Gasteiger partial charge in [-0.2, -0.15) is 0 Å². The van der Waals surface area contributed by atoms with Gasteiger partial charge in [-0.1, -0.05) is 11.8 Å². The van der Waals surface area contributed by atoms with E-state index in [2.05, 4.69) is 10.3 Å². The highest BCUT2D eigenvalue weighted by Gasteiger charge is 2.21. The van der Waals surface area contributed by atoms with E-state index in [9.17, 15) is 14.9 Å². The van der Waals surface area contributed by atoms with Crippen LogP contribution in [-0.2, 0) is 11.3 Å². The van der Waals surface area contributed by atoms with Crippen molar-refractivity contribution in [2.75, 3.05) is 26.4 Å². The molecule has 0 aliphatic carbocycles. The summed E-state index contributed by atoms with van der Waals surface area (Å²) < 4.78 is 5.20. The van der Waals surface area contributed by atoms with E-state index in [-0.39, 0.29) is 18.3 Å². The fourth-order valence-corrected chi connectivity index (χ4v) is 2.55. The van der Waals surface area contributed by atoms with Crippen LogP contribution in [-0.4, -0.2) is 53.5 Å². The smallest absolute Gasteiger partial charge is 0.409 e. The fourth-order valence-electron chi connectivity index (χ4n) is 2.06. The van der Waals surface area contributed by atoms with E-state index in [4.69, 9.17) is 4.74 Å². The maximum atomic E-state index is 12.0. The Morgan fingerprint density at radius 2 is 2.22 bits per heavy atom. The van der Waals surface area contributed by atoms with E-state index >= 15 is 0 Å². The lowest BCUT2D eigenvalue weighted by Gasteiger charge is -2.21. The standard InChI is InChI=1S/C14H18N4O4S/c1-17(8-11-7-15-13(16-11)23-2)14(19)22-9-10-3-5-12(6-4-10)18(20)21/h3-6,11H,7-9H2,1-2H3,(H,15,16). The number of carbonyl (C=O) groups is 1. The van der Waals surface area contributed by atoms with Gasteiger partial charge >= 0.3 is 6.09 Å². The Labute approximate surface area is 138 Å². The van der Waals surface area contributed by atoms with Crippen LogP contribution >= 0.6 is 11.8 Å². The number of likely N-dealkylation sites (N-methyl/N-ethyl adjacent to an activating group) is 1. The van der Waals surface area contributed by atoms with E-state index in [1.807, 2.05) is 6.26 Å². The Bertz CT molecular complexity index is 605. The van der Waals surface area contributed by atoms with Crippen molar-refractivity contribution in [3.05, 3.63) is 39.9 Å². The van der Waals surface area contributed by atoms with Crippen molar-refractivity contribution in [3.8, 4) is 0 Å². The van der Waals surface area contributed by atoms with Crippen LogP contribution < -0.4 is 5.32 Å². The molecule has 0 saturated carbocycles. The maximum absolute atomic E-state index is 12.0. The minimum Gasteiger partial charge on any atom is -0.445 e. The van der Waals surface area contributed by atoms with Gasteiger partial charge in [0.1, 0.15) is 6.61 Å². The zero-order valence-electron chi connectivity index (χ0n) is 12.9. The topological polar surface area (TPSA) is 97.1 Å². The molecule has 9 heteroatoms. The first-order valence-corrected chi connectivity index (χ1v) is 8.18. The maximum Gasteiger partial charge on any atom is 0.409 e. The number of ether oxygens (including phenoxy) is 1. The first-order chi connectivity index (χ1) is 11.0. The summed E-state index contributed by atoms with van der Waals surface area (Å²) in [6, 6.07) is 6.01. The Morgan fingerprint density at radius 3 is 2.78 bits per heavy atom. The summed E-state index contributed by atoms with van der Waals surface area (Å²) in [4.78, 5) is 27.8. The number of carbonyl (C=O) groups excluding carboxylic acids is 1. The van der Waals surface area contributed by atoms with Crippen LogP contribution in [0.3, 0.4) is 0 Å². The minimum absolute atomic E-state index is 0.00843. The molecule has 0 spiro atoms. The molecule has 124 valence electrons. The van der Waals surface area contributed by atoms with E-state index in [1.54, 1.807) is 19.2 Å². The number of amidine groups is 1. The molecule has 1 N–H and O–H groups in total. The molecule has 8 nitrogen and oxygen atoms in total. The summed E-state index contributed by atoms with van der Waals surface area (Å²) >= 11 is 1.54. The second-order valence-electron chi connectivity index (χ2n) is 5.05. The van der Waals surface area contributed by atoms with Crippen LogP contribution in [0.25, 0.3) is 0 Å². The SMILES string of the molecule is CSC1=NCC(CN(C)C(=O)OCc2ccc([N+](=O)[O-])cc2)N1. The van der Waals surface area contributed by atoms with Crippen LogP contribution in [0.15, 0.2) is 29.3 Å². The highest BCUT2D eigenvalue weighted by molar-refractivity contribution is 8.13. The number of amides is 1. The molecule has 0 radical (unpaired) electrons. The van der Waals surface area contributed by atoms with E-state index in [0.717, 1.165) is 5.17 Å². The second kappa shape index (κ2) is 7.82. The van der Waals surface area contributed by atoms with E-state index in [0.29, 0.717) is 18.7 Å². The highest BCUT2D eigenvalue weighted by Crippen LogP contribution is 2.13. The number of benzene rings is 1. The van der Waals surface area contributed by atoms with Gasteiger partial charge in [-0.3, -0.25) is 15.1 Å². The summed E-state index contributed by atoms with van der Waals surface area (Å²) in [6.07, 6.45) is 1.50. The van der Waals surface area contributed by atoms with Gasteiger partial charge in [0.25, 0.3) is 5.69 Å². The molecule has 0 fully saturated rings. The zero-order chi connectivity index (χ0) is 16.8. The highest BCUT2D eigenvalue weighted by atomic mass is 32.2. The predicted octanol–water partition coefficient (Wildman–Crippen LogP) is 1.85.